The molecule has 1 unspecified atom stereocenters. The number of benzene rings is 1. The molecule has 5 nitrogen and oxygen atoms in total. The second-order valence-electron chi connectivity index (χ2n) is 6.94. The van der Waals surface area contributed by atoms with Gasteiger partial charge in [-0.1, -0.05) is 13.0 Å². The molecule has 1 aliphatic rings. The third-order valence-electron chi connectivity index (χ3n) is 4.83. The van der Waals surface area contributed by atoms with Crippen molar-refractivity contribution in [3.63, 3.8) is 0 Å². The van der Waals surface area contributed by atoms with E-state index in [0.717, 1.165) is 43.1 Å². The number of aryl methyl sites for hydroxylation is 1. The van der Waals surface area contributed by atoms with E-state index >= 15 is 0 Å². The lowest BCUT2D eigenvalue weighted by molar-refractivity contribution is 0.250. The Kier molecular flexibility index (Phi) is 6.12. The van der Waals surface area contributed by atoms with E-state index in [9.17, 15) is 0 Å². The number of pyridine rings is 1. The molecule has 0 saturated heterocycles. The van der Waals surface area contributed by atoms with Crippen LogP contribution in [0.25, 0.3) is 0 Å². The molecule has 2 heterocycles. The molecular weight excluding hydrogens is 326 g/mol. The smallest absolute Gasteiger partial charge is 0.161 e. The molecule has 0 spiro atoms. The lowest BCUT2D eigenvalue weighted by Gasteiger charge is -2.28. The lowest BCUT2D eigenvalue weighted by atomic mass is 9.91. The Balaban J connectivity index is 1.90. The minimum atomic E-state index is 0.0896. The Morgan fingerprint density at radius 2 is 2.08 bits per heavy atom. The van der Waals surface area contributed by atoms with Crippen molar-refractivity contribution in [2.24, 2.45) is 0 Å². The van der Waals surface area contributed by atoms with E-state index in [4.69, 9.17) is 9.47 Å². The van der Waals surface area contributed by atoms with Crippen LogP contribution in [0.2, 0.25) is 0 Å². The molecule has 3 rings (SSSR count). The van der Waals surface area contributed by atoms with Crippen molar-refractivity contribution in [1.82, 2.24) is 15.2 Å². The molecule has 2 aromatic rings. The van der Waals surface area contributed by atoms with Gasteiger partial charge in [-0.15, -0.1) is 0 Å². The van der Waals surface area contributed by atoms with E-state index in [1.807, 2.05) is 20.3 Å². The standard InChI is InChI=1S/C21H29N3O2/c1-5-15-6-7-18(23-14-15)21-17-13-20(26-11-10-24(2)3)19(25-4)12-16(17)8-9-22-21/h6-7,12-14,21-22H,5,8-11H2,1-4H3. The number of rotatable bonds is 7. The van der Waals surface area contributed by atoms with Gasteiger partial charge in [-0.2, -0.15) is 0 Å². The molecule has 1 atom stereocenters. The SMILES string of the molecule is CCc1ccc(C2NCCc3cc(OC)c(OCCN(C)C)cc32)nc1. The molecule has 1 aliphatic heterocycles. The number of hydrogen-bond donors (Lipinski definition) is 1. The molecule has 0 fully saturated rings. The summed E-state index contributed by atoms with van der Waals surface area (Å²) in [6, 6.07) is 8.62. The normalized spacial score (nSPS) is 16.4. The third kappa shape index (κ3) is 4.17. The Morgan fingerprint density at radius 1 is 1.23 bits per heavy atom. The van der Waals surface area contributed by atoms with Crippen LogP contribution in [0, 0.1) is 0 Å². The Morgan fingerprint density at radius 3 is 2.73 bits per heavy atom. The number of nitrogens with zero attached hydrogens (tertiary/aromatic N) is 2. The van der Waals surface area contributed by atoms with Crippen LogP contribution in [0.15, 0.2) is 30.5 Å². The van der Waals surface area contributed by atoms with Gasteiger partial charge < -0.3 is 19.7 Å². The van der Waals surface area contributed by atoms with Crippen molar-refractivity contribution in [2.75, 3.05) is 40.9 Å². The molecule has 1 aromatic heterocycles. The van der Waals surface area contributed by atoms with E-state index in [2.05, 4.69) is 46.4 Å². The van der Waals surface area contributed by atoms with Gasteiger partial charge in [0.2, 0.25) is 0 Å². The molecular formula is C21H29N3O2. The molecule has 0 aliphatic carbocycles. The zero-order chi connectivity index (χ0) is 18.5. The Hall–Kier alpha value is -2.11. The van der Waals surface area contributed by atoms with Gasteiger partial charge in [-0.05, 0) is 61.8 Å². The Labute approximate surface area is 156 Å². The fourth-order valence-electron chi connectivity index (χ4n) is 3.25. The summed E-state index contributed by atoms with van der Waals surface area (Å²) in [6.45, 7) is 4.57. The first-order chi connectivity index (χ1) is 12.6. The van der Waals surface area contributed by atoms with Gasteiger partial charge in [0, 0.05) is 19.3 Å². The molecule has 0 saturated carbocycles. The van der Waals surface area contributed by atoms with Crippen molar-refractivity contribution in [1.29, 1.82) is 0 Å². The highest BCUT2D eigenvalue weighted by Crippen LogP contribution is 2.37. The average molecular weight is 355 g/mol. The first kappa shape index (κ1) is 18.7. The monoisotopic (exact) mass is 355 g/mol. The molecule has 1 N–H and O–H groups in total. The van der Waals surface area contributed by atoms with Crippen LogP contribution in [-0.4, -0.2) is 50.8 Å². The molecule has 1 aromatic carbocycles. The number of likely N-dealkylation sites (N-methyl/N-ethyl adjacent to an activating group) is 1. The molecule has 0 bridgehead atoms. The maximum absolute atomic E-state index is 6.01. The van der Waals surface area contributed by atoms with E-state index in [0.29, 0.717) is 6.61 Å². The molecule has 26 heavy (non-hydrogen) atoms. The van der Waals surface area contributed by atoms with Gasteiger partial charge in [-0.3, -0.25) is 4.98 Å². The van der Waals surface area contributed by atoms with Crippen molar-refractivity contribution >= 4 is 0 Å². The quantitative estimate of drug-likeness (QED) is 0.828. The fourth-order valence-corrected chi connectivity index (χ4v) is 3.25. The van der Waals surface area contributed by atoms with E-state index in [1.165, 1.54) is 16.7 Å². The van der Waals surface area contributed by atoms with Crippen LogP contribution >= 0.6 is 0 Å². The van der Waals surface area contributed by atoms with Gasteiger partial charge >= 0.3 is 0 Å². The van der Waals surface area contributed by atoms with Crippen LogP contribution in [0.5, 0.6) is 11.5 Å². The van der Waals surface area contributed by atoms with Crippen LogP contribution in [0.4, 0.5) is 0 Å². The molecule has 140 valence electrons. The predicted octanol–water partition coefficient (Wildman–Crippen LogP) is 2.83. The van der Waals surface area contributed by atoms with Crippen molar-refractivity contribution in [3.8, 4) is 11.5 Å². The minimum absolute atomic E-state index is 0.0896. The largest absolute Gasteiger partial charge is 0.493 e. The number of nitrogens with one attached hydrogen (secondary N) is 1. The van der Waals surface area contributed by atoms with Gasteiger partial charge in [0.1, 0.15) is 6.61 Å². The van der Waals surface area contributed by atoms with Crippen LogP contribution < -0.4 is 14.8 Å². The van der Waals surface area contributed by atoms with Crippen LogP contribution in [0.3, 0.4) is 0 Å². The highest BCUT2D eigenvalue weighted by atomic mass is 16.5. The third-order valence-corrected chi connectivity index (χ3v) is 4.83. The second-order valence-corrected chi connectivity index (χ2v) is 6.94. The summed E-state index contributed by atoms with van der Waals surface area (Å²) in [7, 11) is 5.78. The number of ether oxygens (including phenoxy) is 2. The highest BCUT2D eigenvalue weighted by Gasteiger charge is 2.25. The van der Waals surface area contributed by atoms with Crippen molar-refractivity contribution in [3.05, 3.63) is 52.8 Å². The van der Waals surface area contributed by atoms with Crippen LogP contribution in [-0.2, 0) is 12.8 Å². The number of hydrogen-bond acceptors (Lipinski definition) is 5. The summed E-state index contributed by atoms with van der Waals surface area (Å²) >= 11 is 0. The summed E-state index contributed by atoms with van der Waals surface area (Å²) in [4.78, 5) is 6.79. The van der Waals surface area contributed by atoms with Gasteiger partial charge in [0.25, 0.3) is 0 Å². The minimum Gasteiger partial charge on any atom is -0.493 e. The lowest BCUT2D eigenvalue weighted by Crippen LogP contribution is -2.31. The van der Waals surface area contributed by atoms with Crippen molar-refractivity contribution < 1.29 is 9.47 Å². The number of aromatic nitrogens is 1. The summed E-state index contributed by atoms with van der Waals surface area (Å²) in [5.74, 6) is 1.60. The van der Waals surface area contributed by atoms with Gasteiger partial charge in [0.15, 0.2) is 11.5 Å². The highest BCUT2D eigenvalue weighted by molar-refractivity contribution is 5.51. The Bertz CT molecular complexity index is 729. The fraction of sp³-hybridized carbons (Fsp3) is 0.476. The first-order valence-corrected chi connectivity index (χ1v) is 9.29. The summed E-state index contributed by atoms with van der Waals surface area (Å²) in [6.07, 6.45) is 3.96. The zero-order valence-electron chi connectivity index (χ0n) is 16.2. The summed E-state index contributed by atoms with van der Waals surface area (Å²) in [5, 5.41) is 3.60. The summed E-state index contributed by atoms with van der Waals surface area (Å²) < 4.78 is 11.6. The molecule has 0 amide bonds. The van der Waals surface area contributed by atoms with Gasteiger partial charge in [-0.25, -0.2) is 0 Å². The van der Waals surface area contributed by atoms with Crippen LogP contribution in [0.1, 0.15) is 35.3 Å². The number of fused-ring (bicyclic) bond motifs is 1. The number of methoxy groups -OCH3 is 1. The average Bonchev–Trinajstić information content (AvgIpc) is 2.66. The molecule has 5 heteroatoms. The van der Waals surface area contributed by atoms with E-state index < -0.39 is 0 Å². The molecule has 0 radical (unpaired) electrons. The van der Waals surface area contributed by atoms with Gasteiger partial charge in [0.05, 0.1) is 18.8 Å². The van der Waals surface area contributed by atoms with Crippen molar-refractivity contribution in [2.45, 2.75) is 25.8 Å². The first-order valence-electron chi connectivity index (χ1n) is 9.29. The zero-order valence-corrected chi connectivity index (χ0v) is 16.2. The predicted molar refractivity (Wildman–Crippen MR) is 104 cm³/mol. The maximum Gasteiger partial charge on any atom is 0.161 e. The van der Waals surface area contributed by atoms with E-state index in [1.54, 1.807) is 7.11 Å². The second kappa shape index (κ2) is 8.52. The topological polar surface area (TPSA) is 46.6 Å². The summed E-state index contributed by atoms with van der Waals surface area (Å²) in [5.41, 5.74) is 4.83. The van der Waals surface area contributed by atoms with E-state index in [-0.39, 0.29) is 6.04 Å². The maximum atomic E-state index is 6.01.